The molecule has 0 aliphatic heterocycles. The molecule has 0 saturated carbocycles. The van der Waals surface area contributed by atoms with Gasteiger partial charge in [0.15, 0.2) is 0 Å². The molecule has 1 amide bonds. The topological polar surface area (TPSA) is 91.7 Å². The van der Waals surface area contributed by atoms with Crippen molar-refractivity contribution in [2.45, 2.75) is 45.0 Å². The summed E-state index contributed by atoms with van der Waals surface area (Å²) in [5, 5.41) is 22.5. The second-order valence-corrected chi connectivity index (χ2v) is 6.45. The Kier molecular flexibility index (Phi) is 6.57. The normalized spacial score (nSPS) is 14.4. The summed E-state index contributed by atoms with van der Waals surface area (Å²) in [6, 6.07) is 3.26. The van der Waals surface area contributed by atoms with Crippen LogP contribution in [-0.2, 0) is 4.74 Å². The van der Waals surface area contributed by atoms with E-state index in [1.807, 2.05) is 0 Å². The Morgan fingerprint density at radius 2 is 2.14 bits per heavy atom. The molecule has 0 spiro atoms. The van der Waals surface area contributed by atoms with Gasteiger partial charge in [-0.05, 0) is 60.8 Å². The maximum atomic E-state index is 11.4. The smallest absolute Gasteiger partial charge is 0.407 e. The molecule has 2 atom stereocenters. The highest BCUT2D eigenvalue weighted by Gasteiger charge is 2.20. The third-order valence-corrected chi connectivity index (χ3v) is 3.00. The number of carbonyl (C=O) groups excluding carboxylic acids is 1. The number of ether oxygens (including phenoxy) is 1. The van der Waals surface area contributed by atoms with Crippen molar-refractivity contribution in [1.29, 1.82) is 0 Å². The molecule has 3 N–H and O–H groups in total. The molecule has 0 aromatic carbocycles. The summed E-state index contributed by atoms with van der Waals surface area (Å²) in [5.41, 5.74) is -0.00688. The standard InChI is InChI=1S/C14H21BrN2O4/c1-14(2,3)21-13(20)17-7-5-10(18)12(19)9-4-6-16-11(15)8-9/h4,6,8,10,12,18-19H,5,7H2,1-3H3,(H,17,20). The van der Waals surface area contributed by atoms with Gasteiger partial charge < -0.3 is 20.3 Å². The fourth-order valence-electron chi connectivity index (χ4n) is 1.62. The van der Waals surface area contributed by atoms with E-state index in [1.54, 1.807) is 32.9 Å². The number of hydrogen-bond acceptors (Lipinski definition) is 5. The third kappa shape index (κ3) is 6.88. The number of alkyl carbamates (subject to hydrolysis) is 1. The first-order valence-corrected chi connectivity index (χ1v) is 7.43. The molecule has 0 radical (unpaired) electrons. The van der Waals surface area contributed by atoms with Gasteiger partial charge in [-0.15, -0.1) is 0 Å². The van der Waals surface area contributed by atoms with Crippen LogP contribution in [0.5, 0.6) is 0 Å². The molecular weight excluding hydrogens is 340 g/mol. The average molecular weight is 361 g/mol. The Morgan fingerprint density at radius 1 is 1.48 bits per heavy atom. The Labute approximate surface area is 132 Å². The summed E-state index contributed by atoms with van der Waals surface area (Å²) in [7, 11) is 0. The van der Waals surface area contributed by atoms with Gasteiger partial charge in [-0.25, -0.2) is 9.78 Å². The van der Waals surface area contributed by atoms with Crippen LogP contribution in [0, 0.1) is 0 Å². The van der Waals surface area contributed by atoms with Gasteiger partial charge in [0.25, 0.3) is 0 Å². The first-order valence-electron chi connectivity index (χ1n) is 6.63. The van der Waals surface area contributed by atoms with Gasteiger partial charge in [-0.3, -0.25) is 0 Å². The Morgan fingerprint density at radius 3 is 2.71 bits per heavy atom. The summed E-state index contributed by atoms with van der Waals surface area (Å²) in [4.78, 5) is 15.4. The van der Waals surface area contributed by atoms with E-state index in [0.717, 1.165) is 0 Å². The predicted octanol–water partition coefficient (Wildman–Crippen LogP) is 2.15. The fraction of sp³-hybridized carbons (Fsp3) is 0.571. The predicted molar refractivity (Wildman–Crippen MR) is 81.8 cm³/mol. The van der Waals surface area contributed by atoms with Gasteiger partial charge in [-0.1, -0.05) is 0 Å². The number of rotatable bonds is 5. The zero-order chi connectivity index (χ0) is 16.0. The number of amides is 1. The molecule has 0 aliphatic carbocycles. The molecule has 118 valence electrons. The number of halogens is 1. The highest BCUT2D eigenvalue weighted by molar-refractivity contribution is 9.10. The summed E-state index contributed by atoms with van der Waals surface area (Å²) < 4.78 is 5.65. The number of pyridine rings is 1. The second kappa shape index (κ2) is 7.72. The zero-order valence-electron chi connectivity index (χ0n) is 12.3. The van der Waals surface area contributed by atoms with Crippen LogP contribution in [0.4, 0.5) is 4.79 Å². The molecule has 0 fully saturated rings. The molecular formula is C14H21BrN2O4. The molecule has 0 saturated heterocycles. The number of carbonyl (C=O) groups is 1. The van der Waals surface area contributed by atoms with Crippen molar-refractivity contribution >= 4 is 22.0 Å². The lowest BCUT2D eigenvalue weighted by Gasteiger charge is -2.21. The van der Waals surface area contributed by atoms with Crippen molar-refractivity contribution in [3.8, 4) is 0 Å². The van der Waals surface area contributed by atoms with Gasteiger partial charge in [0.05, 0.1) is 6.10 Å². The molecule has 2 unspecified atom stereocenters. The minimum absolute atomic E-state index is 0.208. The van der Waals surface area contributed by atoms with Gasteiger partial charge >= 0.3 is 6.09 Å². The van der Waals surface area contributed by atoms with Crippen molar-refractivity contribution in [1.82, 2.24) is 10.3 Å². The minimum Gasteiger partial charge on any atom is -0.444 e. The van der Waals surface area contributed by atoms with Crippen molar-refractivity contribution < 1.29 is 19.7 Å². The molecule has 0 aliphatic rings. The maximum absolute atomic E-state index is 11.4. The van der Waals surface area contributed by atoms with Crippen molar-refractivity contribution in [3.63, 3.8) is 0 Å². The van der Waals surface area contributed by atoms with Gasteiger partial charge in [0.1, 0.15) is 16.3 Å². The number of nitrogens with one attached hydrogen (secondary N) is 1. The molecule has 21 heavy (non-hydrogen) atoms. The van der Waals surface area contributed by atoms with E-state index in [0.29, 0.717) is 10.2 Å². The molecule has 1 aromatic heterocycles. The lowest BCUT2D eigenvalue weighted by Crippen LogP contribution is -2.34. The van der Waals surface area contributed by atoms with Crippen molar-refractivity contribution in [3.05, 3.63) is 28.5 Å². The Bertz CT molecular complexity index is 476. The minimum atomic E-state index is -1.04. The van der Waals surface area contributed by atoms with E-state index in [1.165, 1.54) is 6.20 Å². The molecule has 0 bridgehead atoms. The van der Waals surface area contributed by atoms with Crippen molar-refractivity contribution in [2.75, 3.05) is 6.54 Å². The SMILES string of the molecule is CC(C)(C)OC(=O)NCCC(O)C(O)c1ccnc(Br)c1. The van der Waals surface area contributed by atoms with Crippen LogP contribution in [0.2, 0.25) is 0 Å². The van der Waals surface area contributed by atoms with Crippen LogP contribution in [0.1, 0.15) is 38.9 Å². The van der Waals surface area contributed by atoms with E-state index >= 15 is 0 Å². The van der Waals surface area contributed by atoms with Crippen LogP contribution in [0.3, 0.4) is 0 Å². The number of aliphatic hydroxyl groups excluding tert-OH is 2. The lowest BCUT2D eigenvalue weighted by atomic mass is 10.0. The van der Waals surface area contributed by atoms with Gasteiger partial charge in [-0.2, -0.15) is 0 Å². The number of hydrogen-bond donors (Lipinski definition) is 3. The largest absolute Gasteiger partial charge is 0.444 e. The summed E-state index contributed by atoms with van der Waals surface area (Å²) in [6.45, 7) is 5.52. The first-order chi connectivity index (χ1) is 9.69. The van der Waals surface area contributed by atoms with Crippen LogP contribution >= 0.6 is 15.9 Å². The van der Waals surface area contributed by atoms with E-state index in [2.05, 4.69) is 26.2 Å². The molecule has 7 heteroatoms. The van der Waals surface area contributed by atoms with Crippen LogP contribution < -0.4 is 5.32 Å². The molecule has 6 nitrogen and oxygen atoms in total. The highest BCUT2D eigenvalue weighted by Crippen LogP contribution is 2.20. The van der Waals surface area contributed by atoms with E-state index in [-0.39, 0.29) is 13.0 Å². The molecule has 1 aromatic rings. The average Bonchev–Trinajstić information content (AvgIpc) is 2.35. The van der Waals surface area contributed by atoms with E-state index in [4.69, 9.17) is 4.74 Å². The number of nitrogens with zero attached hydrogens (tertiary/aromatic N) is 1. The summed E-state index contributed by atoms with van der Waals surface area (Å²) >= 11 is 3.20. The summed E-state index contributed by atoms with van der Waals surface area (Å²) in [6.07, 6.45) is -0.830. The van der Waals surface area contributed by atoms with Gasteiger partial charge in [0.2, 0.25) is 0 Å². The monoisotopic (exact) mass is 360 g/mol. The zero-order valence-corrected chi connectivity index (χ0v) is 13.9. The Hall–Kier alpha value is -1.18. The van der Waals surface area contributed by atoms with Crippen LogP contribution in [0.15, 0.2) is 22.9 Å². The van der Waals surface area contributed by atoms with E-state index < -0.39 is 23.9 Å². The third-order valence-electron chi connectivity index (χ3n) is 2.56. The second-order valence-electron chi connectivity index (χ2n) is 5.64. The van der Waals surface area contributed by atoms with Crippen LogP contribution in [-0.4, -0.2) is 39.5 Å². The molecule has 1 heterocycles. The quantitative estimate of drug-likeness (QED) is 0.699. The lowest BCUT2D eigenvalue weighted by molar-refractivity contribution is 0.0122. The molecule has 1 rings (SSSR count). The number of aliphatic hydroxyl groups is 2. The summed E-state index contributed by atoms with van der Waals surface area (Å²) in [5.74, 6) is 0. The van der Waals surface area contributed by atoms with Crippen LogP contribution in [0.25, 0.3) is 0 Å². The van der Waals surface area contributed by atoms with E-state index in [9.17, 15) is 15.0 Å². The fourth-order valence-corrected chi connectivity index (χ4v) is 2.00. The number of aromatic nitrogens is 1. The Balaban J connectivity index is 2.40. The van der Waals surface area contributed by atoms with Crippen molar-refractivity contribution in [2.24, 2.45) is 0 Å². The van der Waals surface area contributed by atoms with Gasteiger partial charge in [0, 0.05) is 12.7 Å². The first kappa shape index (κ1) is 17.9. The maximum Gasteiger partial charge on any atom is 0.407 e. The highest BCUT2D eigenvalue weighted by atomic mass is 79.9.